The molecule has 4 nitrogen and oxygen atoms in total. The van der Waals surface area contributed by atoms with Crippen LogP contribution in [0, 0.1) is 0 Å². The molecule has 0 aliphatic carbocycles. The number of halogens is 2. The van der Waals surface area contributed by atoms with Crippen molar-refractivity contribution >= 4 is 56.4 Å². The number of hydrazine groups is 1. The van der Waals surface area contributed by atoms with E-state index in [9.17, 15) is 0 Å². The number of hydrogen-bond acceptors (Lipinski definition) is 4. The van der Waals surface area contributed by atoms with E-state index < -0.39 is 0 Å². The Morgan fingerprint density at radius 1 is 0.625 bits per heavy atom. The molecule has 0 saturated carbocycles. The Kier molecular flexibility index (Phi) is 3.84. The molecule has 2 aromatic heterocycles. The quantitative estimate of drug-likeness (QED) is 0.475. The minimum atomic E-state index is 0.669. The van der Waals surface area contributed by atoms with Gasteiger partial charge in [-0.2, -0.15) is 0 Å². The van der Waals surface area contributed by atoms with Gasteiger partial charge in [0.15, 0.2) is 0 Å². The summed E-state index contributed by atoms with van der Waals surface area (Å²) >= 11 is 12.5. The first-order valence-corrected chi connectivity index (χ1v) is 8.08. The van der Waals surface area contributed by atoms with E-state index in [-0.39, 0.29) is 0 Å². The molecule has 0 amide bonds. The summed E-state index contributed by atoms with van der Waals surface area (Å²) in [6.45, 7) is 0. The molecule has 0 radical (unpaired) electrons. The second-order valence-electron chi connectivity index (χ2n) is 5.24. The maximum absolute atomic E-state index is 6.23. The number of hydrogen-bond donors (Lipinski definition) is 2. The smallest absolute Gasteiger partial charge is 0.0966 e. The first-order valence-electron chi connectivity index (χ1n) is 7.32. The Bertz CT molecular complexity index is 964. The summed E-state index contributed by atoms with van der Waals surface area (Å²) in [5.41, 5.74) is 9.62. The molecule has 4 rings (SSSR count). The fourth-order valence-electron chi connectivity index (χ4n) is 2.61. The van der Waals surface area contributed by atoms with Gasteiger partial charge in [0.05, 0.1) is 32.5 Å². The van der Waals surface area contributed by atoms with Crippen molar-refractivity contribution in [1.29, 1.82) is 0 Å². The predicted octanol–water partition coefficient (Wildman–Crippen LogP) is 5.53. The molecule has 0 fully saturated rings. The Morgan fingerprint density at radius 3 is 1.54 bits per heavy atom. The number of nitrogens with zero attached hydrogens (tertiary/aromatic N) is 2. The van der Waals surface area contributed by atoms with Crippen molar-refractivity contribution < 1.29 is 0 Å². The number of rotatable bonds is 3. The van der Waals surface area contributed by atoms with E-state index in [2.05, 4.69) is 20.8 Å². The highest BCUT2D eigenvalue weighted by atomic mass is 35.5. The average Bonchev–Trinajstić information content (AvgIpc) is 2.63. The highest BCUT2D eigenvalue weighted by Crippen LogP contribution is 2.30. The molecule has 0 aliphatic rings. The van der Waals surface area contributed by atoms with Gasteiger partial charge in [-0.15, -0.1) is 0 Å². The van der Waals surface area contributed by atoms with Gasteiger partial charge in [0.2, 0.25) is 0 Å². The van der Waals surface area contributed by atoms with Crippen LogP contribution < -0.4 is 10.9 Å². The lowest BCUT2D eigenvalue weighted by Gasteiger charge is -2.14. The molecule has 0 atom stereocenters. The first-order chi connectivity index (χ1) is 11.7. The van der Waals surface area contributed by atoms with Gasteiger partial charge in [-0.1, -0.05) is 23.2 Å². The van der Waals surface area contributed by atoms with Crippen LogP contribution in [0.5, 0.6) is 0 Å². The first kappa shape index (κ1) is 15.0. The number of aromatic nitrogens is 2. The summed E-state index contributed by atoms with van der Waals surface area (Å²) in [6.07, 6.45) is 3.48. The number of fused-ring (bicyclic) bond motifs is 2. The molecule has 118 valence electrons. The highest BCUT2D eigenvalue weighted by Gasteiger charge is 2.08. The monoisotopic (exact) mass is 354 g/mol. The number of nitrogens with one attached hydrogen (secondary N) is 2. The van der Waals surface area contributed by atoms with Crippen LogP contribution in [0.15, 0.2) is 60.9 Å². The summed E-state index contributed by atoms with van der Waals surface area (Å²) in [7, 11) is 0. The maximum Gasteiger partial charge on any atom is 0.0966 e. The van der Waals surface area contributed by atoms with Crippen molar-refractivity contribution in [3.63, 3.8) is 0 Å². The summed E-state index contributed by atoms with van der Waals surface area (Å²) in [5, 5.41) is 3.12. The fraction of sp³-hybridized carbons (Fsp3) is 0. The molecule has 0 spiro atoms. The topological polar surface area (TPSA) is 49.8 Å². The van der Waals surface area contributed by atoms with Crippen molar-refractivity contribution in [2.24, 2.45) is 0 Å². The van der Waals surface area contributed by atoms with E-state index in [4.69, 9.17) is 23.2 Å². The van der Waals surface area contributed by atoms with Crippen molar-refractivity contribution in [3.8, 4) is 0 Å². The Labute approximate surface area is 148 Å². The standard InChI is InChI=1S/C18H12Cl2N4/c19-13-5-7-15(17-11(13)3-1-9-21-17)23-24-16-8-6-14(20)12-4-2-10-22-18(12)16/h1-10,23-24H. The molecule has 6 heteroatoms. The molecule has 4 aromatic rings. The van der Waals surface area contributed by atoms with Gasteiger partial charge in [0, 0.05) is 23.2 Å². The van der Waals surface area contributed by atoms with Crippen LogP contribution in [0.4, 0.5) is 11.4 Å². The second-order valence-corrected chi connectivity index (χ2v) is 6.05. The van der Waals surface area contributed by atoms with E-state index >= 15 is 0 Å². The van der Waals surface area contributed by atoms with Crippen LogP contribution in [0.25, 0.3) is 21.8 Å². The molecular formula is C18H12Cl2N4. The van der Waals surface area contributed by atoms with Gasteiger partial charge in [-0.05, 0) is 48.5 Å². The van der Waals surface area contributed by atoms with Crippen LogP contribution >= 0.6 is 23.2 Å². The van der Waals surface area contributed by atoms with Crippen LogP contribution in [0.2, 0.25) is 10.0 Å². The van der Waals surface area contributed by atoms with Crippen LogP contribution in [0.3, 0.4) is 0 Å². The predicted molar refractivity (Wildman–Crippen MR) is 101 cm³/mol. The summed E-state index contributed by atoms with van der Waals surface area (Å²) < 4.78 is 0. The van der Waals surface area contributed by atoms with Gasteiger partial charge >= 0.3 is 0 Å². The zero-order valence-corrected chi connectivity index (χ0v) is 13.9. The van der Waals surface area contributed by atoms with E-state index in [1.807, 2.05) is 48.5 Å². The molecule has 0 saturated heterocycles. The van der Waals surface area contributed by atoms with Gasteiger partial charge in [0.1, 0.15) is 0 Å². The van der Waals surface area contributed by atoms with Gasteiger partial charge in [0.25, 0.3) is 0 Å². The van der Waals surface area contributed by atoms with Gasteiger partial charge in [-0.3, -0.25) is 20.8 Å². The Hall–Kier alpha value is -2.56. The fourth-order valence-corrected chi connectivity index (χ4v) is 3.04. The van der Waals surface area contributed by atoms with E-state index in [1.165, 1.54) is 0 Å². The van der Waals surface area contributed by atoms with Crippen LogP contribution in [-0.2, 0) is 0 Å². The minimum Gasteiger partial charge on any atom is -0.299 e. The third-order valence-corrected chi connectivity index (χ3v) is 4.42. The second kappa shape index (κ2) is 6.15. The molecule has 2 heterocycles. The third-order valence-electron chi connectivity index (χ3n) is 3.76. The van der Waals surface area contributed by atoms with E-state index in [0.717, 1.165) is 33.2 Å². The van der Waals surface area contributed by atoms with Gasteiger partial charge < -0.3 is 0 Å². The zero-order valence-electron chi connectivity index (χ0n) is 12.4. The molecule has 0 unspecified atom stereocenters. The lowest BCUT2D eigenvalue weighted by Crippen LogP contribution is -2.10. The molecule has 0 aliphatic heterocycles. The normalized spacial score (nSPS) is 10.9. The number of benzene rings is 2. The zero-order chi connectivity index (χ0) is 16.5. The summed E-state index contributed by atoms with van der Waals surface area (Å²) in [4.78, 5) is 8.81. The third kappa shape index (κ3) is 2.60. The van der Waals surface area contributed by atoms with Crippen molar-refractivity contribution in [2.45, 2.75) is 0 Å². The Morgan fingerprint density at radius 2 is 1.08 bits per heavy atom. The van der Waals surface area contributed by atoms with E-state index in [0.29, 0.717) is 10.0 Å². The summed E-state index contributed by atoms with van der Waals surface area (Å²) in [5.74, 6) is 0. The molecule has 2 N–H and O–H groups in total. The molecule has 0 bridgehead atoms. The SMILES string of the molecule is Clc1ccc(NNc2ccc(Cl)c3cccnc23)c2ncccc12. The van der Waals surface area contributed by atoms with Crippen LogP contribution in [-0.4, -0.2) is 9.97 Å². The lowest BCUT2D eigenvalue weighted by molar-refractivity contribution is 1.36. The largest absolute Gasteiger partial charge is 0.299 e. The number of anilines is 2. The van der Waals surface area contributed by atoms with Crippen LogP contribution in [0.1, 0.15) is 0 Å². The van der Waals surface area contributed by atoms with Crippen molar-refractivity contribution in [3.05, 3.63) is 71.0 Å². The summed E-state index contributed by atoms with van der Waals surface area (Å²) in [6, 6.07) is 15.1. The lowest BCUT2D eigenvalue weighted by atomic mass is 10.2. The van der Waals surface area contributed by atoms with Gasteiger partial charge in [-0.25, -0.2) is 0 Å². The van der Waals surface area contributed by atoms with Crippen molar-refractivity contribution in [2.75, 3.05) is 10.9 Å². The minimum absolute atomic E-state index is 0.669. The van der Waals surface area contributed by atoms with E-state index in [1.54, 1.807) is 12.4 Å². The average molecular weight is 355 g/mol. The number of pyridine rings is 2. The van der Waals surface area contributed by atoms with Crippen molar-refractivity contribution in [1.82, 2.24) is 9.97 Å². The maximum atomic E-state index is 6.23. The molecular weight excluding hydrogens is 343 g/mol. The highest BCUT2D eigenvalue weighted by molar-refractivity contribution is 6.36. The Balaban J connectivity index is 1.72. The molecule has 2 aromatic carbocycles. The molecule has 24 heavy (non-hydrogen) atoms.